The number of benzene rings is 1. The highest BCUT2D eigenvalue weighted by Crippen LogP contribution is 2.29. The number of ether oxygens (including phenoxy) is 1. The van der Waals surface area contributed by atoms with Gasteiger partial charge in [0.1, 0.15) is 4.90 Å². The van der Waals surface area contributed by atoms with Gasteiger partial charge in [-0.1, -0.05) is 24.1 Å². The Morgan fingerprint density at radius 1 is 1.19 bits per heavy atom. The molecule has 1 unspecified atom stereocenters. The third kappa shape index (κ3) is 5.31. The Labute approximate surface area is 192 Å². The standard InChI is InChI=1S/C22H27ClN2O4S2/c23-20-9-8-17(14-21(20)31(27,28)25-10-2-1-3-11-25)22(26)24(15-18-6-4-12-29-18)16-19-7-5-13-30-19/h5,7-9,13-14,18H,1-4,6,10-12,15-16H2. The molecule has 9 heteroatoms. The Balaban J connectivity index is 1.61. The van der Waals surface area contributed by atoms with E-state index in [-0.39, 0.29) is 21.9 Å². The molecule has 0 bridgehead atoms. The average molecular weight is 483 g/mol. The van der Waals surface area contributed by atoms with E-state index in [2.05, 4.69) is 0 Å². The Morgan fingerprint density at radius 3 is 2.68 bits per heavy atom. The summed E-state index contributed by atoms with van der Waals surface area (Å²) in [5, 5.41) is 2.13. The van der Waals surface area contributed by atoms with Gasteiger partial charge in [-0.25, -0.2) is 8.42 Å². The molecule has 1 amide bonds. The average Bonchev–Trinajstić information content (AvgIpc) is 3.48. The van der Waals surface area contributed by atoms with Gasteiger partial charge in [0.2, 0.25) is 10.0 Å². The summed E-state index contributed by atoms with van der Waals surface area (Å²) in [6.45, 7) is 2.63. The van der Waals surface area contributed by atoms with Crippen molar-refractivity contribution in [3.63, 3.8) is 0 Å². The quantitative estimate of drug-likeness (QED) is 0.586. The van der Waals surface area contributed by atoms with E-state index in [9.17, 15) is 13.2 Å². The van der Waals surface area contributed by atoms with Crippen LogP contribution < -0.4 is 0 Å². The summed E-state index contributed by atoms with van der Waals surface area (Å²) < 4.78 is 33.6. The molecule has 6 nitrogen and oxygen atoms in total. The highest BCUT2D eigenvalue weighted by Gasteiger charge is 2.30. The van der Waals surface area contributed by atoms with E-state index in [1.165, 1.54) is 16.4 Å². The van der Waals surface area contributed by atoms with Gasteiger partial charge in [-0.2, -0.15) is 4.31 Å². The number of piperidine rings is 1. The van der Waals surface area contributed by atoms with Crippen LogP contribution in [0.3, 0.4) is 0 Å². The minimum Gasteiger partial charge on any atom is -0.376 e. The summed E-state index contributed by atoms with van der Waals surface area (Å²) in [6, 6.07) is 8.51. The normalized spacial score (nSPS) is 20.1. The van der Waals surface area contributed by atoms with Gasteiger partial charge in [0, 0.05) is 36.7 Å². The van der Waals surface area contributed by atoms with Gasteiger partial charge in [0.25, 0.3) is 5.91 Å². The summed E-state index contributed by atoms with van der Waals surface area (Å²) in [5.41, 5.74) is 0.328. The summed E-state index contributed by atoms with van der Waals surface area (Å²) in [6.07, 6.45) is 4.62. The lowest BCUT2D eigenvalue weighted by Crippen LogP contribution is -2.37. The van der Waals surface area contributed by atoms with Crippen LogP contribution in [0.25, 0.3) is 0 Å². The van der Waals surface area contributed by atoms with Gasteiger partial charge >= 0.3 is 0 Å². The van der Waals surface area contributed by atoms with Crippen molar-refractivity contribution in [3.05, 3.63) is 51.2 Å². The maximum absolute atomic E-state index is 13.4. The van der Waals surface area contributed by atoms with Crippen LogP contribution in [0.2, 0.25) is 5.02 Å². The fraction of sp³-hybridized carbons (Fsp3) is 0.500. The molecule has 1 atom stereocenters. The second-order valence-electron chi connectivity index (χ2n) is 8.01. The van der Waals surface area contributed by atoms with Crippen LogP contribution in [0.15, 0.2) is 40.6 Å². The van der Waals surface area contributed by atoms with Gasteiger partial charge in [0.05, 0.1) is 17.7 Å². The predicted octanol–water partition coefficient (Wildman–Crippen LogP) is 4.40. The van der Waals surface area contributed by atoms with E-state index < -0.39 is 10.0 Å². The molecule has 2 saturated heterocycles. The second-order valence-corrected chi connectivity index (χ2v) is 11.4. The number of sulfonamides is 1. The van der Waals surface area contributed by atoms with Gasteiger partial charge in [-0.05, 0) is 55.3 Å². The topological polar surface area (TPSA) is 66.9 Å². The number of hydrogen-bond acceptors (Lipinski definition) is 5. The smallest absolute Gasteiger partial charge is 0.254 e. The third-order valence-corrected chi connectivity index (χ3v) is 9.01. The second kappa shape index (κ2) is 10.0. The zero-order chi connectivity index (χ0) is 21.8. The number of amides is 1. The first kappa shape index (κ1) is 22.7. The number of thiophene rings is 1. The van der Waals surface area contributed by atoms with E-state index in [0.717, 1.165) is 37.0 Å². The largest absolute Gasteiger partial charge is 0.376 e. The predicted molar refractivity (Wildman–Crippen MR) is 122 cm³/mol. The van der Waals surface area contributed by atoms with Crippen LogP contribution in [0, 0.1) is 0 Å². The molecule has 3 heterocycles. The summed E-state index contributed by atoms with van der Waals surface area (Å²) in [4.78, 5) is 16.3. The van der Waals surface area contributed by atoms with Crippen molar-refractivity contribution in [1.29, 1.82) is 0 Å². The molecule has 0 spiro atoms. The van der Waals surface area contributed by atoms with Gasteiger partial charge in [0.15, 0.2) is 0 Å². The van der Waals surface area contributed by atoms with E-state index >= 15 is 0 Å². The molecule has 0 N–H and O–H groups in total. The van der Waals surface area contributed by atoms with Crippen molar-refractivity contribution in [2.75, 3.05) is 26.2 Å². The summed E-state index contributed by atoms with van der Waals surface area (Å²) in [5.74, 6) is -0.212. The number of carbonyl (C=O) groups is 1. The van der Waals surface area contributed by atoms with Crippen molar-refractivity contribution in [1.82, 2.24) is 9.21 Å². The van der Waals surface area contributed by atoms with Crippen LogP contribution in [0.4, 0.5) is 0 Å². The highest BCUT2D eigenvalue weighted by molar-refractivity contribution is 7.89. The molecular weight excluding hydrogens is 456 g/mol. The minimum absolute atomic E-state index is 0.00719. The van der Waals surface area contributed by atoms with Crippen molar-refractivity contribution in [2.24, 2.45) is 0 Å². The number of rotatable bonds is 7. The van der Waals surface area contributed by atoms with Crippen LogP contribution in [-0.2, 0) is 21.3 Å². The first-order valence-corrected chi connectivity index (χ1v) is 13.4. The van der Waals surface area contributed by atoms with Crippen LogP contribution >= 0.6 is 22.9 Å². The van der Waals surface area contributed by atoms with E-state index in [1.54, 1.807) is 22.3 Å². The first-order valence-electron chi connectivity index (χ1n) is 10.7. The molecule has 0 radical (unpaired) electrons. The lowest BCUT2D eigenvalue weighted by Gasteiger charge is -2.27. The van der Waals surface area contributed by atoms with Crippen molar-refractivity contribution in [2.45, 2.75) is 49.6 Å². The van der Waals surface area contributed by atoms with Crippen LogP contribution in [0.5, 0.6) is 0 Å². The summed E-state index contributed by atoms with van der Waals surface area (Å²) in [7, 11) is -3.74. The molecule has 0 saturated carbocycles. The number of hydrogen-bond donors (Lipinski definition) is 0. The molecule has 4 rings (SSSR count). The third-order valence-electron chi connectivity index (χ3n) is 5.77. The zero-order valence-electron chi connectivity index (χ0n) is 17.3. The van der Waals surface area contributed by atoms with Crippen molar-refractivity contribution in [3.8, 4) is 0 Å². The molecule has 2 fully saturated rings. The SMILES string of the molecule is O=C(c1ccc(Cl)c(S(=O)(=O)N2CCCCC2)c1)N(Cc1cccs1)CC1CCCO1. The minimum atomic E-state index is -3.74. The highest BCUT2D eigenvalue weighted by atomic mass is 35.5. The van der Waals surface area contributed by atoms with E-state index in [0.29, 0.717) is 38.3 Å². The molecule has 1 aromatic carbocycles. The van der Waals surface area contributed by atoms with Crippen LogP contribution in [-0.4, -0.2) is 55.9 Å². The lowest BCUT2D eigenvalue weighted by atomic mass is 10.1. The van der Waals surface area contributed by atoms with Gasteiger partial charge in [-0.15, -0.1) is 11.3 Å². The Morgan fingerprint density at radius 2 is 2.00 bits per heavy atom. The molecule has 168 valence electrons. The monoisotopic (exact) mass is 482 g/mol. The Hall–Kier alpha value is -1.45. The fourth-order valence-corrected chi connectivity index (χ4v) is 6.84. The van der Waals surface area contributed by atoms with Crippen molar-refractivity contribution < 1.29 is 17.9 Å². The molecule has 1 aromatic heterocycles. The number of halogens is 1. The molecule has 2 aliphatic rings. The Bertz CT molecular complexity index is 999. The van der Waals surface area contributed by atoms with Crippen LogP contribution in [0.1, 0.15) is 47.3 Å². The fourth-order valence-electron chi connectivity index (χ4n) is 4.11. The van der Waals surface area contributed by atoms with Gasteiger partial charge < -0.3 is 9.64 Å². The van der Waals surface area contributed by atoms with Crippen molar-refractivity contribution >= 4 is 38.9 Å². The Kier molecular flexibility index (Phi) is 7.33. The molecular formula is C22H27ClN2O4S2. The van der Waals surface area contributed by atoms with Gasteiger partial charge in [-0.3, -0.25) is 4.79 Å². The lowest BCUT2D eigenvalue weighted by molar-refractivity contribution is 0.0509. The first-order chi connectivity index (χ1) is 14.9. The van der Waals surface area contributed by atoms with E-state index in [1.807, 2.05) is 17.5 Å². The zero-order valence-corrected chi connectivity index (χ0v) is 19.7. The maximum Gasteiger partial charge on any atom is 0.254 e. The summed E-state index contributed by atoms with van der Waals surface area (Å²) >= 11 is 7.88. The molecule has 31 heavy (non-hydrogen) atoms. The number of nitrogens with zero attached hydrogens (tertiary/aromatic N) is 2. The number of carbonyl (C=O) groups excluding carboxylic acids is 1. The molecule has 2 aromatic rings. The van der Waals surface area contributed by atoms with E-state index in [4.69, 9.17) is 16.3 Å². The molecule has 2 aliphatic heterocycles. The maximum atomic E-state index is 13.4. The molecule has 0 aliphatic carbocycles.